The van der Waals surface area contributed by atoms with Gasteiger partial charge in [0.2, 0.25) is 5.95 Å². The highest BCUT2D eigenvalue weighted by atomic mass is 19.4. The van der Waals surface area contributed by atoms with E-state index in [0.717, 1.165) is 15.8 Å². The highest BCUT2D eigenvalue weighted by Crippen LogP contribution is 2.34. The van der Waals surface area contributed by atoms with E-state index in [-0.39, 0.29) is 25.5 Å². The molecule has 11 heteroatoms. The summed E-state index contributed by atoms with van der Waals surface area (Å²) in [5.74, 6) is -0.530. The van der Waals surface area contributed by atoms with Gasteiger partial charge in [-0.05, 0) is 30.5 Å². The van der Waals surface area contributed by atoms with Crippen molar-refractivity contribution in [3.05, 3.63) is 64.7 Å². The number of halogens is 4. The van der Waals surface area contributed by atoms with Crippen molar-refractivity contribution in [2.75, 3.05) is 11.4 Å². The van der Waals surface area contributed by atoms with Crippen molar-refractivity contribution >= 4 is 5.95 Å². The summed E-state index contributed by atoms with van der Waals surface area (Å²) in [5, 5.41) is 4.23. The maximum atomic E-state index is 13.3. The van der Waals surface area contributed by atoms with Crippen LogP contribution in [0, 0.1) is 5.82 Å². The number of rotatable bonds is 4. The first kappa shape index (κ1) is 19.9. The molecule has 1 fully saturated rings. The first-order valence-electron chi connectivity index (χ1n) is 9.14. The largest absolute Gasteiger partial charge is 0.408 e. The molecule has 0 bridgehead atoms. The number of hydrogen-bond donors (Lipinski definition) is 0. The lowest BCUT2D eigenvalue weighted by Crippen LogP contribution is -2.42. The summed E-state index contributed by atoms with van der Waals surface area (Å²) in [6.07, 6.45) is 1.30. The Morgan fingerprint density at radius 2 is 1.87 bits per heavy atom. The highest BCUT2D eigenvalue weighted by Gasteiger charge is 2.46. The summed E-state index contributed by atoms with van der Waals surface area (Å²) in [5.41, 5.74) is 0.859. The summed E-state index contributed by atoms with van der Waals surface area (Å²) in [6, 6.07) is 2.42. The molecule has 0 N–H and O–H groups in total. The Morgan fingerprint density at radius 3 is 2.57 bits per heavy atom. The SMILES string of the molecule is O=c1ccc(-c2cnc(N3CCC[C@H]3C(F)(F)F)nc2)nn1Cc1cncc(F)c1. The van der Waals surface area contributed by atoms with Crippen LogP contribution in [-0.4, -0.2) is 43.5 Å². The third kappa shape index (κ3) is 4.14. The Kier molecular flexibility index (Phi) is 5.18. The summed E-state index contributed by atoms with van der Waals surface area (Å²) in [4.78, 5) is 25.1. The summed E-state index contributed by atoms with van der Waals surface area (Å²) < 4.78 is 53.9. The fraction of sp³-hybridized carbons (Fsp3) is 0.316. The van der Waals surface area contributed by atoms with Gasteiger partial charge in [-0.25, -0.2) is 19.0 Å². The zero-order chi connectivity index (χ0) is 21.3. The molecule has 3 aromatic rings. The molecule has 30 heavy (non-hydrogen) atoms. The van der Waals surface area contributed by atoms with Gasteiger partial charge in [-0.3, -0.25) is 9.78 Å². The molecule has 1 aliphatic heterocycles. The van der Waals surface area contributed by atoms with Gasteiger partial charge in [-0.2, -0.15) is 18.3 Å². The topological polar surface area (TPSA) is 76.8 Å². The molecular formula is C19H16F4N6O. The second kappa shape index (κ2) is 7.81. The predicted molar refractivity (Wildman–Crippen MR) is 99.2 cm³/mol. The number of aromatic nitrogens is 5. The minimum absolute atomic E-state index is 0.00210. The van der Waals surface area contributed by atoms with Gasteiger partial charge in [0.05, 0.1) is 18.4 Å². The van der Waals surface area contributed by atoms with Crippen molar-refractivity contribution in [1.29, 1.82) is 0 Å². The van der Waals surface area contributed by atoms with Crippen molar-refractivity contribution in [2.24, 2.45) is 0 Å². The second-order valence-electron chi connectivity index (χ2n) is 6.89. The molecule has 0 radical (unpaired) electrons. The fourth-order valence-corrected chi connectivity index (χ4v) is 3.38. The van der Waals surface area contributed by atoms with E-state index in [0.29, 0.717) is 23.2 Å². The Morgan fingerprint density at radius 1 is 1.10 bits per heavy atom. The molecule has 0 saturated carbocycles. The maximum Gasteiger partial charge on any atom is 0.408 e. The molecular weight excluding hydrogens is 404 g/mol. The average molecular weight is 420 g/mol. The molecule has 0 spiro atoms. The fourth-order valence-electron chi connectivity index (χ4n) is 3.38. The smallest absolute Gasteiger partial charge is 0.329 e. The Labute approximate surface area is 168 Å². The molecule has 4 rings (SSSR count). The summed E-state index contributed by atoms with van der Waals surface area (Å²) in [6.45, 7) is 0.242. The van der Waals surface area contributed by atoms with Crippen molar-refractivity contribution < 1.29 is 17.6 Å². The molecule has 4 heterocycles. The van der Waals surface area contributed by atoms with Crippen LogP contribution in [0.2, 0.25) is 0 Å². The lowest BCUT2D eigenvalue weighted by Gasteiger charge is -2.26. The number of nitrogens with zero attached hydrogens (tertiary/aromatic N) is 6. The number of hydrogen-bond acceptors (Lipinski definition) is 6. The Hall–Kier alpha value is -3.37. The van der Waals surface area contributed by atoms with E-state index in [2.05, 4.69) is 20.1 Å². The van der Waals surface area contributed by atoms with E-state index in [4.69, 9.17) is 0 Å². The quantitative estimate of drug-likeness (QED) is 0.605. The lowest BCUT2D eigenvalue weighted by atomic mass is 10.2. The predicted octanol–water partition coefficient (Wildman–Crippen LogP) is 2.81. The standard InChI is InChI=1S/C19H16F4N6O/c20-14-6-12(7-24-10-14)11-29-17(30)4-3-15(27-29)13-8-25-18(26-9-13)28-5-1-2-16(28)19(21,22)23/h3-4,6-10,16H,1-2,5,11H2/t16-/m0/s1. The molecule has 7 nitrogen and oxygen atoms in total. The molecule has 1 aliphatic rings. The van der Waals surface area contributed by atoms with Gasteiger partial charge in [0, 0.05) is 36.8 Å². The third-order valence-electron chi connectivity index (χ3n) is 4.78. The first-order valence-corrected chi connectivity index (χ1v) is 9.14. The van der Waals surface area contributed by atoms with Crippen LogP contribution >= 0.6 is 0 Å². The van der Waals surface area contributed by atoms with Gasteiger partial charge >= 0.3 is 6.18 Å². The van der Waals surface area contributed by atoms with E-state index in [1.165, 1.54) is 36.8 Å². The molecule has 1 atom stereocenters. The van der Waals surface area contributed by atoms with Crippen molar-refractivity contribution in [1.82, 2.24) is 24.7 Å². The Balaban J connectivity index is 1.58. The van der Waals surface area contributed by atoms with E-state index < -0.39 is 23.6 Å². The van der Waals surface area contributed by atoms with Crippen molar-refractivity contribution in [3.8, 4) is 11.3 Å². The minimum atomic E-state index is -4.35. The van der Waals surface area contributed by atoms with E-state index in [9.17, 15) is 22.4 Å². The first-order chi connectivity index (χ1) is 14.3. The second-order valence-corrected chi connectivity index (χ2v) is 6.89. The highest BCUT2D eigenvalue weighted by molar-refractivity contribution is 5.56. The molecule has 0 aliphatic carbocycles. The van der Waals surface area contributed by atoms with Crippen LogP contribution in [0.4, 0.5) is 23.5 Å². The van der Waals surface area contributed by atoms with Crippen LogP contribution < -0.4 is 10.5 Å². The van der Waals surface area contributed by atoms with Crippen LogP contribution in [0.1, 0.15) is 18.4 Å². The van der Waals surface area contributed by atoms with Crippen molar-refractivity contribution in [3.63, 3.8) is 0 Å². The average Bonchev–Trinajstić information content (AvgIpc) is 3.20. The number of anilines is 1. The molecule has 3 aromatic heterocycles. The van der Waals surface area contributed by atoms with Gasteiger partial charge in [0.1, 0.15) is 11.9 Å². The van der Waals surface area contributed by atoms with Crippen LogP contribution in [0.3, 0.4) is 0 Å². The molecule has 0 unspecified atom stereocenters. The molecule has 156 valence electrons. The third-order valence-corrected chi connectivity index (χ3v) is 4.78. The van der Waals surface area contributed by atoms with Gasteiger partial charge in [-0.1, -0.05) is 0 Å². The van der Waals surface area contributed by atoms with E-state index >= 15 is 0 Å². The molecule has 1 saturated heterocycles. The van der Waals surface area contributed by atoms with E-state index in [1.807, 2.05) is 0 Å². The minimum Gasteiger partial charge on any atom is -0.329 e. The van der Waals surface area contributed by atoms with Crippen LogP contribution in [-0.2, 0) is 6.54 Å². The van der Waals surface area contributed by atoms with Gasteiger partial charge in [0.15, 0.2) is 0 Å². The number of alkyl halides is 3. The van der Waals surface area contributed by atoms with Crippen LogP contribution in [0.15, 0.2) is 47.8 Å². The zero-order valence-electron chi connectivity index (χ0n) is 15.6. The molecule has 0 amide bonds. The number of pyridine rings is 1. The monoisotopic (exact) mass is 420 g/mol. The Bertz CT molecular complexity index is 1100. The van der Waals surface area contributed by atoms with Crippen LogP contribution in [0.5, 0.6) is 0 Å². The van der Waals surface area contributed by atoms with Gasteiger partial charge < -0.3 is 4.90 Å². The zero-order valence-corrected chi connectivity index (χ0v) is 15.6. The maximum absolute atomic E-state index is 13.3. The van der Waals surface area contributed by atoms with Gasteiger partial charge in [0.25, 0.3) is 5.56 Å². The lowest BCUT2D eigenvalue weighted by molar-refractivity contribution is -0.146. The summed E-state index contributed by atoms with van der Waals surface area (Å²) >= 11 is 0. The molecule has 0 aromatic carbocycles. The van der Waals surface area contributed by atoms with Gasteiger partial charge in [-0.15, -0.1) is 0 Å². The van der Waals surface area contributed by atoms with Crippen LogP contribution in [0.25, 0.3) is 11.3 Å². The van der Waals surface area contributed by atoms with Crippen molar-refractivity contribution in [2.45, 2.75) is 31.6 Å². The van der Waals surface area contributed by atoms with E-state index in [1.54, 1.807) is 0 Å². The summed E-state index contributed by atoms with van der Waals surface area (Å²) in [7, 11) is 0. The normalized spacial score (nSPS) is 16.8.